The van der Waals surface area contributed by atoms with Crippen LogP contribution in [0.25, 0.3) is 10.9 Å². The Kier molecular flexibility index (Phi) is 6.87. The van der Waals surface area contributed by atoms with Crippen LogP contribution in [-0.2, 0) is 12.8 Å². The number of hydrogen-bond acceptors (Lipinski definition) is 3. The van der Waals surface area contributed by atoms with E-state index >= 15 is 0 Å². The zero-order chi connectivity index (χ0) is 19.1. The average molecular weight is 384 g/mol. The van der Waals surface area contributed by atoms with Gasteiger partial charge in [-0.2, -0.15) is 0 Å². The SMILES string of the molecule is CCNC(=NCCCc1c[nH]c2ccccc12)NCCc1nc(C)c(C)s1. The lowest BCUT2D eigenvalue weighted by Crippen LogP contribution is -2.38. The van der Waals surface area contributed by atoms with E-state index in [1.807, 2.05) is 0 Å². The van der Waals surface area contributed by atoms with E-state index in [0.717, 1.165) is 50.6 Å². The van der Waals surface area contributed by atoms with Crippen LogP contribution in [0.3, 0.4) is 0 Å². The highest BCUT2D eigenvalue weighted by atomic mass is 32.1. The lowest BCUT2D eigenvalue weighted by molar-refractivity contribution is 0.776. The standard InChI is InChI=1S/C21H29N5S/c1-4-22-21(24-13-11-20-26-15(2)16(3)27-20)23-12-7-8-17-14-25-19-10-6-5-9-18(17)19/h5-6,9-10,14,25H,4,7-8,11-13H2,1-3H3,(H2,22,23,24). The topological polar surface area (TPSA) is 65.1 Å². The van der Waals surface area contributed by atoms with Gasteiger partial charge in [-0.1, -0.05) is 18.2 Å². The molecule has 0 bridgehead atoms. The third kappa shape index (κ3) is 5.32. The minimum absolute atomic E-state index is 0.810. The molecule has 6 heteroatoms. The van der Waals surface area contributed by atoms with Crippen molar-refractivity contribution >= 4 is 28.2 Å². The molecule has 0 amide bonds. The Morgan fingerprint density at radius 1 is 1.19 bits per heavy atom. The molecule has 1 aromatic carbocycles. The monoisotopic (exact) mass is 383 g/mol. The van der Waals surface area contributed by atoms with Crippen LogP contribution in [0.15, 0.2) is 35.5 Å². The lowest BCUT2D eigenvalue weighted by atomic mass is 10.1. The van der Waals surface area contributed by atoms with Gasteiger partial charge in [-0.05, 0) is 45.2 Å². The minimum atomic E-state index is 0.810. The Morgan fingerprint density at radius 3 is 2.81 bits per heavy atom. The van der Waals surface area contributed by atoms with Gasteiger partial charge in [-0.25, -0.2) is 4.98 Å². The molecule has 0 spiro atoms. The molecular weight excluding hydrogens is 354 g/mol. The number of benzene rings is 1. The normalized spacial score (nSPS) is 11.9. The predicted molar refractivity (Wildman–Crippen MR) is 116 cm³/mol. The second-order valence-electron chi connectivity index (χ2n) is 6.65. The van der Waals surface area contributed by atoms with Crippen LogP contribution in [0.2, 0.25) is 0 Å². The van der Waals surface area contributed by atoms with E-state index in [9.17, 15) is 0 Å². The second kappa shape index (κ2) is 9.55. The number of aromatic nitrogens is 2. The highest BCUT2D eigenvalue weighted by molar-refractivity contribution is 7.11. The predicted octanol–water partition coefficient (Wildman–Crippen LogP) is 3.97. The van der Waals surface area contributed by atoms with Gasteiger partial charge in [0.15, 0.2) is 5.96 Å². The fourth-order valence-corrected chi connectivity index (χ4v) is 4.01. The van der Waals surface area contributed by atoms with E-state index in [1.54, 1.807) is 11.3 Å². The maximum atomic E-state index is 4.71. The molecule has 0 unspecified atom stereocenters. The molecule has 0 radical (unpaired) electrons. The van der Waals surface area contributed by atoms with Crippen molar-refractivity contribution < 1.29 is 0 Å². The van der Waals surface area contributed by atoms with Crippen molar-refractivity contribution in [3.05, 3.63) is 51.6 Å². The zero-order valence-corrected chi connectivity index (χ0v) is 17.2. The Bertz CT molecular complexity index is 874. The number of aliphatic imine (C=N–C) groups is 1. The van der Waals surface area contributed by atoms with E-state index < -0.39 is 0 Å². The number of hydrogen-bond donors (Lipinski definition) is 3. The van der Waals surface area contributed by atoms with Gasteiger partial charge in [0.1, 0.15) is 0 Å². The summed E-state index contributed by atoms with van der Waals surface area (Å²) in [5, 5.41) is 9.25. The molecule has 0 aliphatic carbocycles. The summed E-state index contributed by atoms with van der Waals surface area (Å²) in [4.78, 5) is 14.0. The fourth-order valence-electron chi connectivity index (χ4n) is 3.07. The molecule has 0 aliphatic rings. The summed E-state index contributed by atoms with van der Waals surface area (Å²) in [6.45, 7) is 8.82. The smallest absolute Gasteiger partial charge is 0.191 e. The number of nitrogens with zero attached hydrogens (tertiary/aromatic N) is 2. The lowest BCUT2D eigenvalue weighted by Gasteiger charge is -2.10. The first-order valence-electron chi connectivity index (χ1n) is 9.67. The Balaban J connectivity index is 1.46. The number of para-hydroxylation sites is 1. The number of thiazole rings is 1. The Hall–Kier alpha value is -2.34. The van der Waals surface area contributed by atoms with E-state index in [4.69, 9.17) is 4.99 Å². The van der Waals surface area contributed by atoms with Gasteiger partial charge in [0.05, 0.1) is 10.7 Å². The molecule has 3 rings (SSSR count). The van der Waals surface area contributed by atoms with Crippen LogP contribution in [0.5, 0.6) is 0 Å². The van der Waals surface area contributed by atoms with Crippen molar-refractivity contribution in [3.8, 4) is 0 Å². The van der Waals surface area contributed by atoms with Crippen molar-refractivity contribution in [3.63, 3.8) is 0 Å². The maximum Gasteiger partial charge on any atom is 0.191 e. The van der Waals surface area contributed by atoms with Crippen LogP contribution < -0.4 is 10.6 Å². The third-order valence-corrected chi connectivity index (χ3v) is 5.73. The van der Waals surface area contributed by atoms with Gasteiger partial charge < -0.3 is 15.6 Å². The van der Waals surface area contributed by atoms with Crippen molar-refractivity contribution in [1.29, 1.82) is 0 Å². The molecule has 2 aromatic heterocycles. The molecule has 27 heavy (non-hydrogen) atoms. The Morgan fingerprint density at radius 2 is 2.04 bits per heavy atom. The van der Waals surface area contributed by atoms with Crippen LogP contribution in [0, 0.1) is 13.8 Å². The summed E-state index contributed by atoms with van der Waals surface area (Å²) < 4.78 is 0. The number of aryl methyl sites for hydroxylation is 3. The third-order valence-electron chi connectivity index (χ3n) is 4.60. The van der Waals surface area contributed by atoms with Gasteiger partial charge in [0, 0.05) is 48.0 Å². The summed E-state index contributed by atoms with van der Waals surface area (Å²) in [5.41, 5.74) is 3.72. The zero-order valence-electron chi connectivity index (χ0n) is 16.4. The molecule has 144 valence electrons. The first-order valence-corrected chi connectivity index (χ1v) is 10.5. The van der Waals surface area contributed by atoms with E-state index in [-0.39, 0.29) is 0 Å². The number of rotatable bonds is 8. The first-order chi connectivity index (χ1) is 13.2. The average Bonchev–Trinajstić information content (AvgIpc) is 3.22. The quantitative estimate of drug-likeness (QED) is 0.313. The molecule has 3 aromatic rings. The first kappa shape index (κ1) is 19.4. The van der Waals surface area contributed by atoms with E-state index in [1.165, 1.54) is 26.4 Å². The van der Waals surface area contributed by atoms with Crippen molar-refractivity contribution in [1.82, 2.24) is 20.6 Å². The summed E-state index contributed by atoms with van der Waals surface area (Å²) >= 11 is 1.79. The largest absolute Gasteiger partial charge is 0.361 e. The van der Waals surface area contributed by atoms with Crippen LogP contribution in [-0.4, -0.2) is 35.6 Å². The molecule has 0 fully saturated rings. The van der Waals surface area contributed by atoms with Gasteiger partial charge in [-0.15, -0.1) is 11.3 Å². The molecular formula is C21H29N5S. The number of H-pyrrole nitrogens is 1. The van der Waals surface area contributed by atoms with Gasteiger partial charge in [0.2, 0.25) is 0 Å². The minimum Gasteiger partial charge on any atom is -0.361 e. The summed E-state index contributed by atoms with van der Waals surface area (Å²) in [5.74, 6) is 0.890. The van der Waals surface area contributed by atoms with Crippen molar-refractivity contribution in [2.75, 3.05) is 19.6 Å². The highest BCUT2D eigenvalue weighted by Crippen LogP contribution is 2.19. The molecule has 5 nitrogen and oxygen atoms in total. The van der Waals surface area contributed by atoms with Crippen LogP contribution in [0.4, 0.5) is 0 Å². The molecule has 0 saturated carbocycles. The molecule has 2 heterocycles. The molecule has 3 N–H and O–H groups in total. The second-order valence-corrected chi connectivity index (χ2v) is 7.94. The Labute approximate surface area is 165 Å². The van der Waals surface area contributed by atoms with Crippen molar-refractivity contribution in [2.24, 2.45) is 4.99 Å². The molecule has 0 saturated heterocycles. The molecule has 0 atom stereocenters. The number of fused-ring (bicyclic) bond motifs is 1. The fraction of sp³-hybridized carbons (Fsp3) is 0.429. The van der Waals surface area contributed by atoms with Crippen molar-refractivity contribution in [2.45, 2.75) is 40.0 Å². The number of nitrogens with one attached hydrogen (secondary N) is 3. The highest BCUT2D eigenvalue weighted by Gasteiger charge is 2.05. The van der Waals surface area contributed by atoms with Gasteiger partial charge in [0.25, 0.3) is 0 Å². The maximum absolute atomic E-state index is 4.71. The van der Waals surface area contributed by atoms with E-state index in [2.05, 4.69) is 71.8 Å². The van der Waals surface area contributed by atoms with E-state index in [0.29, 0.717) is 0 Å². The number of aromatic amines is 1. The summed E-state index contributed by atoms with van der Waals surface area (Å²) in [7, 11) is 0. The van der Waals surface area contributed by atoms with Crippen LogP contribution >= 0.6 is 11.3 Å². The summed E-state index contributed by atoms with van der Waals surface area (Å²) in [6.07, 6.45) is 5.11. The number of guanidine groups is 1. The van der Waals surface area contributed by atoms with Gasteiger partial charge >= 0.3 is 0 Å². The molecule has 0 aliphatic heterocycles. The van der Waals surface area contributed by atoms with Crippen LogP contribution in [0.1, 0.15) is 34.5 Å². The van der Waals surface area contributed by atoms with Gasteiger partial charge in [-0.3, -0.25) is 4.99 Å². The summed E-state index contributed by atoms with van der Waals surface area (Å²) in [6, 6.07) is 8.46.